The lowest BCUT2D eigenvalue weighted by Crippen LogP contribution is -2.11. The molecule has 2 aromatic heterocycles. The Morgan fingerprint density at radius 2 is 0.902 bits per heavy atom. The van der Waals surface area contributed by atoms with Gasteiger partial charge in [-0.2, -0.15) is 0 Å². The van der Waals surface area contributed by atoms with Gasteiger partial charge in [0, 0.05) is 47.9 Å². The van der Waals surface area contributed by atoms with Gasteiger partial charge in [-0.05, 0) is 88.5 Å². The first kappa shape index (κ1) is 29.5. The van der Waals surface area contributed by atoms with E-state index in [4.69, 9.17) is 4.42 Å². The summed E-state index contributed by atoms with van der Waals surface area (Å²) in [6.07, 6.45) is 0. The van der Waals surface area contributed by atoms with Crippen LogP contribution in [-0.2, 0) is 0 Å². The highest BCUT2D eigenvalue weighted by atomic mass is 32.1. The first-order valence-corrected chi connectivity index (χ1v) is 18.1. The lowest BCUT2D eigenvalue weighted by atomic mass is 9.97. The Balaban J connectivity index is 1.14. The fraction of sp³-hybridized carbons (Fsp3) is 0. The van der Waals surface area contributed by atoms with Crippen molar-refractivity contribution in [2.24, 2.45) is 0 Å². The molecule has 0 fully saturated rings. The molecule has 0 aliphatic rings. The molecule has 0 aliphatic heterocycles. The van der Waals surface area contributed by atoms with Gasteiger partial charge in [0.25, 0.3) is 0 Å². The summed E-state index contributed by atoms with van der Waals surface area (Å²) in [6.45, 7) is 0. The molecule has 10 rings (SSSR count). The number of fused-ring (bicyclic) bond motifs is 6. The first-order valence-electron chi connectivity index (χ1n) is 17.2. The fourth-order valence-corrected chi connectivity index (χ4v) is 8.48. The molecule has 2 nitrogen and oxygen atoms in total. The third-order valence-corrected chi connectivity index (χ3v) is 11.0. The van der Waals surface area contributed by atoms with Gasteiger partial charge in [-0.3, -0.25) is 0 Å². The quantitative estimate of drug-likeness (QED) is 0.175. The minimum Gasteiger partial charge on any atom is -0.456 e. The third kappa shape index (κ3) is 5.18. The maximum atomic E-state index is 6.40. The van der Waals surface area contributed by atoms with E-state index in [1.54, 1.807) is 0 Å². The van der Waals surface area contributed by atoms with Gasteiger partial charge in [0.1, 0.15) is 11.2 Å². The standard InChI is InChI=1S/C48H31NOS/c1-3-11-32(12-4-1)33-19-21-34(22-20-33)35-23-26-38(27-24-35)49(37-13-5-2-6-14-37)44-31-48-43(41-16-8-10-18-47(41)51-48)30-42(44)36-25-28-40-39-15-7-9-17-45(39)50-46(40)29-36/h1-31H. The smallest absolute Gasteiger partial charge is 0.136 e. The van der Waals surface area contributed by atoms with E-state index in [2.05, 4.69) is 181 Å². The molecule has 0 bridgehead atoms. The number of nitrogens with zero attached hydrogens (tertiary/aromatic N) is 1. The van der Waals surface area contributed by atoms with Gasteiger partial charge in [0.05, 0.1) is 5.69 Å². The van der Waals surface area contributed by atoms with Gasteiger partial charge in [0.15, 0.2) is 0 Å². The molecule has 0 unspecified atom stereocenters. The van der Waals surface area contributed by atoms with Crippen LogP contribution < -0.4 is 4.90 Å². The van der Waals surface area contributed by atoms with Crippen LogP contribution in [0.3, 0.4) is 0 Å². The molecule has 0 radical (unpaired) electrons. The van der Waals surface area contributed by atoms with E-state index < -0.39 is 0 Å². The molecule has 2 heterocycles. The number of para-hydroxylation sites is 2. The van der Waals surface area contributed by atoms with Crippen LogP contribution in [0.2, 0.25) is 0 Å². The van der Waals surface area contributed by atoms with Crippen molar-refractivity contribution in [3.63, 3.8) is 0 Å². The summed E-state index contributed by atoms with van der Waals surface area (Å²) in [5.74, 6) is 0. The van der Waals surface area contributed by atoms with Crippen LogP contribution in [0.15, 0.2) is 192 Å². The van der Waals surface area contributed by atoms with Crippen molar-refractivity contribution in [2.75, 3.05) is 4.90 Å². The van der Waals surface area contributed by atoms with Crippen molar-refractivity contribution >= 4 is 70.5 Å². The molecular weight excluding hydrogens is 639 g/mol. The number of benzene rings is 8. The third-order valence-electron chi connectivity index (χ3n) is 9.89. The molecule has 8 aromatic carbocycles. The molecule has 0 aliphatic carbocycles. The Hall–Kier alpha value is -6.42. The lowest BCUT2D eigenvalue weighted by Gasteiger charge is -2.28. The number of hydrogen-bond acceptors (Lipinski definition) is 3. The Kier molecular flexibility index (Phi) is 7.04. The zero-order chi connectivity index (χ0) is 33.7. The van der Waals surface area contributed by atoms with E-state index in [9.17, 15) is 0 Å². The zero-order valence-corrected chi connectivity index (χ0v) is 28.5. The maximum Gasteiger partial charge on any atom is 0.136 e. The highest BCUT2D eigenvalue weighted by molar-refractivity contribution is 7.25. The predicted octanol–water partition coefficient (Wildman–Crippen LogP) is 14.4. The van der Waals surface area contributed by atoms with E-state index in [-0.39, 0.29) is 0 Å². The summed E-state index contributed by atoms with van der Waals surface area (Å²) in [5, 5.41) is 4.81. The lowest BCUT2D eigenvalue weighted by molar-refractivity contribution is 0.669. The molecule has 0 N–H and O–H groups in total. The summed E-state index contributed by atoms with van der Waals surface area (Å²) in [4.78, 5) is 2.39. The minimum absolute atomic E-state index is 0.892. The Labute approximate surface area is 300 Å². The molecule has 240 valence electrons. The van der Waals surface area contributed by atoms with Gasteiger partial charge in [0.2, 0.25) is 0 Å². The van der Waals surface area contributed by atoms with Crippen LogP contribution in [0.1, 0.15) is 0 Å². The van der Waals surface area contributed by atoms with Crippen LogP contribution in [-0.4, -0.2) is 0 Å². The number of rotatable bonds is 6. The zero-order valence-electron chi connectivity index (χ0n) is 27.7. The van der Waals surface area contributed by atoms with E-state index in [1.165, 1.54) is 42.4 Å². The predicted molar refractivity (Wildman–Crippen MR) is 218 cm³/mol. The summed E-state index contributed by atoms with van der Waals surface area (Å²) < 4.78 is 8.95. The van der Waals surface area contributed by atoms with Crippen LogP contribution in [0.25, 0.3) is 75.5 Å². The van der Waals surface area contributed by atoms with Crippen molar-refractivity contribution < 1.29 is 4.42 Å². The molecule has 0 amide bonds. The van der Waals surface area contributed by atoms with Crippen molar-refractivity contribution in [2.45, 2.75) is 0 Å². The molecule has 0 saturated carbocycles. The van der Waals surface area contributed by atoms with E-state index in [1.807, 2.05) is 23.5 Å². The normalized spacial score (nSPS) is 11.5. The molecule has 10 aromatic rings. The second-order valence-corrected chi connectivity index (χ2v) is 14.0. The Morgan fingerprint density at radius 1 is 0.353 bits per heavy atom. The topological polar surface area (TPSA) is 16.4 Å². The molecule has 0 atom stereocenters. The van der Waals surface area contributed by atoms with Gasteiger partial charge < -0.3 is 9.32 Å². The van der Waals surface area contributed by atoms with Crippen molar-refractivity contribution in [1.29, 1.82) is 0 Å². The number of thiophene rings is 1. The second-order valence-electron chi connectivity index (χ2n) is 12.9. The van der Waals surface area contributed by atoms with Crippen LogP contribution in [0.5, 0.6) is 0 Å². The molecule has 3 heteroatoms. The van der Waals surface area contributed by atoms with Gasteiger partial charge in [-0.1, -0.05) is 127 Å². The molecule has 51 heavy (non-hydrogen) atoms. The van der Waals surface area contributed by atoms with Gasteiger partial charge in [-0.15, -0.1) is 11.3 Å². The van der Waals surface area contributed by atoms with E-state index in [0.717, 1.165) is 50.1 Å². The van der Waals surface area contributed by atoms with Gasteiger partial charge in [-0.25, -0.2) is 0 Å². The molecule has 0 spiro atoms. The second kappa shape index (κ2) is 12.2. The largest absolute Gasteiger partial charge is 0.456 e. The van der Waals surface area contributed by atoms with Crippen LogP contribution in [0, 0.1) is 0 Å². The SMILES string of the molecule is c1ccc(-c2ccc(-c3ccc(N(c4ccccc4)c4cc5sc6ccccc6c5cc4-c4ccc5c(c4)oc4ccccc45)cc3)cc2)cc1. The first-order chi connectivity index (χ1) is 25.3. The van der Waals surface area contributed by atoms with Crippen molar-refractivity contribution in [3.05, 3.63) is 188 Å². The maximum absolute atomic E-state index is 6.40. The summed E-state index contributed by atoms with van der Waals surface area (Å²) in [7, 11) is 0. The van der Waals surface area contributed by atoms with Gasteiger partial charge >= 0.3 is 0 Å². The number of anilines is 3. The van der Waals surface area contributed by atoms with Crippen LogP contribution >= 0.6 is 11.3 Å². The van der Waals surface area contributed by atoms with Crippen molar-refractivity contribution in [3.8, 4) is 33.4 Å². The van der Waals surface area contributed by atoms with E-state index >= 15 is 0 Å². The fourth-order valence-electron chi connectivity index (χ4n) is 7.36. The Bertz CT molecular complexity index is 2830. The van der Waals surface area contributed by atoms with Crippen molar-refractivity contribution in [1.82, 2.24) is 0 Å². The van der Waals surface area contributed by atoms with Crippen LogP contribution in [0.4, 0.5) is 17.1 Å². The molecule has 0 saturated heterocycles. The number of hydrogen-bond donors (Lipinski definition) is 0. The summed E-state index contributed by atoms with van der Waals surface area (Å²) in [6, 6.07) is 67.5. The minimum atomic E-state index is 0.892. The highest BCUT2D eigenvalue weighted by Gasteiger charge is 2.21. The summed E-state index contributed by atoms with van der Waals surface area (Å²) in [5.41, 5.74) is 12.2. The average molecular weight is 670 g/mol. The average Bonchev–Trinajstić information content (AvgIpc) is 3.76. The summed E-state index contributed by atoms with van der Waals surface area (Å²) >= 11 is 1.85. The Morgan fingerprint density at radius 3 is 1.65 bits per heavy atom. The monoisotopic (exact) mass is 669 g/mol. The number of furan rings is 1. The molecular formula is C48H31NOS. The van der Waals surface area contributed by atoms with E-state index in [0.29, 0.717) is 0 Å². The highest BCUT2D eigenvalue weighted by Crippen LogP contribution is 2.47.